The van der Waals surface area contributed by atoms with Gasteiger partial charge in [-0.05, 0) is 31.0 Å². The van der Waals surface area contributed by atoms with Gasteiger partial charge in [0.1, 0.15) is 0 Å². The van der Waals surface area contributed by atoms with E-state index in [2.05, 4.69) is 5.32 Å². The molecule has 0 saturated carbocycles. The highest BCUT2D eigenvalue weighted by Gasteiger charge is 2.40. The lowest BCUT2D eigenvalue weighted by Gasteiger charge is -2.27. The van der Waals surface area contributed by atoms with Crippen molar-refractivity contribution in [3.8, 4) is 0 Å². The zero-order valence-electron chi connectivity index (χ0n) is 16.1. The van der Waals surface area contributed by atoms with Crippen LogP contribution in [0.25, 0.3) is 0 Å². The molecule has 1 N–H and O–H groups in total. The van der Waals surface area contributed by atoms with E-state index in [4.69, 9.17) is 0 Å². The number of amides is 1. The van der Waals surface area contributed by atoms with Crippen LogP contribution < -0.4 is 5.32 Å². The molecule has 9 heteroatoms. The summed E-state index contributed by atoms with van der Waals surface area (Å²) in [6.07, 6.45) is 0.311. The van der Waals surface area contributed by atoms with Gasteiger partial charge >= 0.3 is 0 Å². The molecular formula is C20H24N2O5S2. The maximum atomic E-state index is 13.1. The quantitative estimate of drug-likeness (QED) is 0.710. The van der Waals surface area contributed by atoms with Crippen molar-refractivity contribution in [1.82, 2.24) is 9.62 Å². The van der Waals surface area contributed by atoms with Gasteiger partial charge in [0.15, 0.2) is 9.84 Å². The Balaban J connectivity index is 1.83. The Morgan fingerprint density at radius 1 is 1.07 bits per heavy atom. The van der Waals surface area contributed by atoms with Crippen LogP contribution in [0.4, 0.5) is 0 Å². The Morgan fingerprint density at radius 3 is 2.21 bits per heavy atom. The van der Waals surface area contributed by atoms with Crippen LogP contribution in [0.2, 0.25) is 0 Å². The Morgan fingerprint density at radius 2 is 1.66 bits per heavy atom. The Kier molecular flexibility index (Phi) is 6.11. The van der Waals surface area contributed by atoms with Crippen LogP contribution in [0.15, 0.2) is 65.6 Å². The highest BCUT2D eigenvalue weighted by Crippen LogP contribution is 2.23. The molecule has 0 bridgehead atoms. The third-order valence-electron chi connectivity index (χ3n) is 4.85. The van der Waals surface area contributed by atoms with E-state index < -0.39 is 37.9 Å². The van der Waals surface area contributed by atoms with E-state index in [1.54, 1.807) is 49.4 Å². The molecule has 0 aromatic heterocycles. The summed E-state index contributed by atoms with van der Waals surface area (Å²) in [6.45, 7) is 1.30. The van der Waals surface area contributed by atoms with Crippen molar-refractivity contribution in [2.45, 2.75) is 30.3 Å². The number of carbonyl (C=O) groups is 1. The van der Waals surface area contributed by atoms with Crippen molar-refractivity contribution >= 4 is 25.8 Å². The first-order valence-corrected chi connectivity index (χ1v) is 12.5. The van der Waals surface area contributed by atoms with E-state index in [1.165, 1.54) is 12.1 Å². The summed E-state index contributed by atoms with van der Waals surface area (Å²) < 4.78 is 51.0. The number of hydrogen-bond donors (Lipinski definition) is 1. The Bertz CT molecular complexity index is 1070. The minimum Gasteiger partial charge on any atom is -0.349 e. The summed E-state index contributed by atoms with van der Waals surface area (Å²) in [5, 5.41) is 2.73. The monoisotopic (exact) mass is 436 g/mol. The average Bonchev–Trinajstić information content (AvgIpc) is 2.95. The summed E-state index contributed by atoms with van der Waals surface area (Å²) in [6, 6.07) is 16.9. The first-order valence-electron chi connectivity index (χ1n) is 9.20. The molecule has 2 aromatic carbocycles. The van der Waals surface area contributed by atoms with Gasteiger partial charge in [-0.3, -0.25) is 4.79 Å². The number of nitrogens with one attached hydrogen (secondary N) is 1. The highest BCUT2D eigenvalue weighted by molar-refractivity contribution is 7.91. The highest BCUT2D eigenvalue weighted by atomic mass is 32.2. The lowest BCUT2D eigenvalue weighted by molar-refractivity contribution is -0.122. The lowest BCUT2D eigenvalue weighted by Crippen LogP contribution is -2.51. The number of rotatable bonds is 7. The molecule has 3 rings (SSSR count). The van der Waals surface area contributed by atoms with E-state index in [0.717, 1.165) is 9.87 Å². The molecule has 1 saturated heterocycles. The van der Waals surface area contributed by atoms with Gasteiger partial charge in [-0.2, -0.15) is 4.31 Å². The molecule has 1 atom stereocenters. The van der Waals surface area contributed by atoms with Crippen LogP contribution in [-0.4, -0.2) is 50.6 Å². The predicted octanol–water partition coefficient (Wildman–Crippen LogP) is 1.57. The topological polar surface area (TPSA) is 101 Å². The molecule has 1 fully saturated rings. The summed E-state index contributed by atoms with van der Waals surface area (Å²) in [7, 11) is -7.11. The fraction of sp³-hybridized carbons (Fsp3) is 0.350. The first-order chi connectivity index (χ1) is 13.6. The standard InChI is InChI=1S/C20H24N2O5S2/c1-20(12-13-28(24,25)16-20)21-19(23)15-22(14-17-8-4-2-5-9-17)29(26,27)18-10-6-3-7-11-18/h2-11H,12-16H2,1H3,(H,21,23)/t20-/m1/s1. The van der Waals surface area contributed by atoms with Gasteiger partial charge in [-0.25, -0.2) is 16.8 Å². The fourth-order valence-electron chi connectivity index (χ4n) is 3.40. The summed E-state index contributed by atoms with van der Waals surface area (Å²) >= 11 is 0. The van der Waals surface area contributed by atoms with Crippen molar-refractivity contribution in [1.29, 1.82) is 0 Å². The molecule has 1 aliphatic rings. The third-order valence-corrected chi connectivity index (χ3v) is 8.56. The van der Waals surface area contributed by atoms with Crippen molar-refractivity contribution < 1.29 is 21.6 Å². The molecule has 29 heavy (non-hydrogen) atoms. The molecule has 0 unspecified atom stereocenters. The molecular weight excluding hydrogens is 412 g/mol. The minimum atomic E-state index is -3.92. The molecule has 7 nitrogen and oxygen atoms in total. The summed E-state index contributed by atoms with van der Waals surface area (Å²) in [4.78, 5) is 12.8. The number of carbonyl (C=O) groups excluding carboxylic acids is 1. The van der Waals surface area contributed by atoms with Crippen LogP contribution in [0.5, 0.6) is 0 Å². The third kappa shape index (κ3) is 5.43. The zero-order valence-corrected chi connectivity index (χ0v) is 17.7. The largest absolute Gasteiger partial charge is 0.349 e. The van der Waals surface area contributed by atoms with Crippen molar-refractivity contribution in [2.24, 2.45) is 0 Å². The second-order valence-electron chi connectivity index (χ2n) is 7.52. The van der Waals surface area contributed by atoms with Crippen LogP contribution >= 0.6 is 0 Å². The number of sulfonamides is 1. The van der Waals surface area contributed by atoms with Crippen LogP contribution in [0.1, 0.15) is 18.9 Å². The van der Waals surface area contributed by atoms with Crippen LogP contribution in [0, 0.1) is 0 Å². The minimum absolute atomic E-state index is 0.0137. The predicted molar refractivity (Wildman–Crippen MR) is 110 cm³/mol. The molecule has 1 amide bonds. The molecule has 156 valence electrons. The van der Waals surface area contributed by atoms with Gasteiger partial charge in [0.25, 0.3) is 0 Å². The SMILES string of the molecule is C[C@@]1(NC(=O)CN(Cc2ccccc2)S(=O)(=O)c2ccccc2)CCS(=O)(=O)C1. The van der Waals surface area contributed by atoms with E-state index in [9.17, 15) is 21.6 Å². The van der Waals surface area contributed by atoms with E-state index in [0.29, 0.717) is 6.42 Å². The molecule has 0 radical (unpaired) electrons. The van der Waals surface area contributed by atoms with Gasteiger partial charge in [-0.1, -0.05) is 48.5 Å². The van der Waals surface area contributed by atoms with Crippen LogP contribution in [0.3, 0.4) is 0 Å². The smallest absolute Gasteiger partial charge is 0.243 e. The first kappa shape index (κ1) is 21.5. The molecule has 0 spiro atoms. The van der Waals surface area contributed by atoms with E-state index in [1.807, 2.05) is 6.07 Å². The second kappa shape index (κ2) is 8.25. The molecule has 1 heterocycles. The van der Waals surface area contributed by atoms with E-state index in [-0.39, 0.29) is 22.9 Å². The molecule has 0 aliphatic carbocycles. The Labute approximate surface area is 171 Å². The fourth-order valence-corrected chi connectivity index (χ4v) is 6.90. The number of sulfone groups is 1. The van der Waals surface area contributed by atoms with Gasteiger partial charge in [0.05, 0.1) is 28.5 Å². The normalized spacial score (nSPS) is 21.2. The second-order valence-corrected chi connectivity index (χ2v) is 11.6. The molecule has 2 aromatic rings. The van der Waals surface area contributed by atoms with Gasteiger partial charge in [-0.15, -0.1) is 0 Å². The van der Waals surface area contributed by atoms with Crippen molar-refractivity contribution in [2.75, 3.05) is 18.1 Å². The number of benzene rings is 2. The van der Waals surface area contributed by atoms with Crippen molar-refractivity contribution in [3.05, 3.63) is 66.2 Å². The number of hydrogen-bond acceptors (Lipinski definition) is 5. The number of nitrogens with zero attached hydrogens (tertiary/aromatic N) is 1. The summed E-state index contributed by atoms with van der Waals surface area (Å²) in [5.41, 5.74) is -0.139. The van der Waals surface area contributed by atoms with Gasteiger partial charge in [0.2, 0.25) is 15.9 Å². The molecule has 1 aliphatic heterocycles. The zero-order chi connectivity index (χ0) is 21.1. The maximum Gasteiger partial charge on any atom is 0.243 e. The van der Waals surface area contributed by atoms with Crippen molar-refractivity contribution in [3.63, 3.8) is 0 Å². The summed E-state index contributed by atoms with van der Waals surface area (Å²) in [5.74, 6) is -0.657. The van der Waals surface area contributed by atoms with Gasteiger partial charge in [0, 0.05) is 6.54 Å². The maximum absolute atomic E-state index is 13.1. The average molecular weight is 437 g/mol. The van der Waals surface area contributed by atoms with E-state index >= 15 is 0 Å². The van der Waals surface area contributed by atoms with Gasteiger partial charge < -0.3 is 5.32 Å². The lowest BCUT2D eigenvalue weighted by atomic mass is 10.0. The Hall–Kier alpha value is -2.23. The van der Waals surface area contributed by atoms with Crippen LogP contribution in [-0.2, 0) is 31.2 Å².